The number of amides is 6. The first-order chi connectivity index (χ1) is 31.4. The first kappa shape index (κ1) is 47.8. The molecule has 2 aromatic carbocycles. The Morgan fingerprint density at radius 1 is 0.800 bits per heavy atom. The zero-order valence-corrected chi connectivity index (χ0v) is 35.9. The molecule has 2 aliphatic heterocycles. The number of carbonyl (C=O) groups excluding carboxylic acids is 6. The fraction of sp³-hybridized carbons (Fsp3) is 0.409. The highest BCUT2D eigenvalue weighted by Crippen LogP contribution is 2.36. The molecule has 0 aliphatic carbocycles. The Balaban J connectivity index is 0.732. The second-order valence-corrected chi connectivity index (χ2v) is 14.9. The van der Waals surface area contributed by atoms with Crippen molar-refractivity contribution in [3.05, 3.63) is 71.4 Å². The molecule has 6 amide bonds. The van der Waals surface area contributed by atoms with Crippen LogP contribution in [0, 0.1) is 12.7 Å². The molecule has 2 aliphatic rings. The van der Waals surface area contributed by atoms with Gasteiger partial charge < -0.3 is 51.1 Å². The predicted molar refractivity (Wildman–Crippen MR) is 235 cm³/mol. The molecule has 1 unspecified atom stereocenters. The summed E-state index contributed by atoms with van der Waals surface area (Å²) >= 11 is 0. The van der Waals surface area contributed by atoms with Crippen molar-refractivity contribution in [1.82, 2.24) is 25.5 Å². The minimum atomic E-state index is -1.03. The van der Waals surface area contributed by atoms with Gasteiger partial charge in [-0.3, -0.25) is 44.0 Å². The summed E-state index contributed by atoms with van der Waals surface area (Å²) in [4.78, 5) is 84.0. The van der Waals surface area contributed by atoms with Gasteiger partial charge in [-0.25, -0.2) is 9.37 Å². The maximum atomic E-state index is 15.2. The molecule has 8 N–H and O–H groups in total. The Morgan fingerprint density at radius 3 is 2.17 bits per heavy atom. The van der Waals surface area contributed by atoms with Crippen LogP contribution in [0.5, 0.6) is 0 Å². The number of rotatable bonds is 25. The number of aromatic nitrogens is 2. The molecule has 0 radical (unpaired) electrons. The van der Waals surface area contributed by atoms with Crippen LogP contribution in [-0.2, 0) is 42.9 Å². The van der Waals surface area contributed by atoms with Gasteiger partial charge in [0.25, 0.3) is 11.8 Å². The number of hydrogen-bond acceptors (Lipinski definition) is 16. The maximum absolute atomic E-state index is 15.2. The van der Waals surface area contributed by atoms with E-state index in [4.69, 9.17) is 35.2 Å². The van der Waals surface area contributed by atoms with E-state index in [2.05, 4.69) is 31.2 Å². The highest BCUT2D eigenvalue weighted by molar-refractivity contribution is 6.25. The minimum absolute atomic E-state index is 0.000454. The number of nitrogens with two attached hydrogens (primary N) is 2. The van der Waals surface area contributed by atoms with Crippen LogP contribution >= 0.6 is 0 Å². The second kappa shape index (κ2) is 23.3. The molecule has 65 heavy (non-hydrogen) atoms. The minimum Gasteiger partial charge on any atom is -0.397 e. The predicted octanol–water partition coefficient (Wildman–Crippen LogP) is 2.34. The van der Waals surface area contributed by atoms with E-state index in [1.54, 1.807) is 31.2 Å². The third-order valence-corrected chi connectivity index (χ3v) is 10.5. The number of nitrogen functional groups attached to an aromatic ring is 2. The number of fused-ring (bicyclic) bond motifs is 2. The summed E-state index contributed by atoms with van der Waals surface area (Å²) in [6.07, 6.45) is 4.63. The highest BCUT2D eigenvalue weighted by Gasteiger charge is 2.45. The fourth-order valence-electron chi connectivity index (χ4n) is 7.05. The molecular formula is C44H52FN9O11. The van der Waals surface area contributed by atoms with Crippen LogP contribution in [0.2, 0.25) is 0 Å². The number of ether oxygens (including phenoxy) is 5. The van der Waals surface area contributed by atoms with Gasteiger partial charge in [-0.1, -0.05) is 6.07 Å². The Morgan fingerprint density at radius 2 is 1.48 bits per heavy atom. The molecule has 1 saturated heterocycles. The van der Waals surface area contributed by atoms with Crippen molar-refractivity contribution < 1.29 is 56.8 Å². The van der Waals surface area contributed by atoms with Crippen LogP contribution in [0.15, 0.2) is 48.9 Å². The number of nitrogens with zero attached hydrogens (tertiary/aromatic N) is 3. The Bertz CT molecular complexity index is 2400. The number of piperidine rings is 1. The second-order valence-electron chi connectivity index (χ2n) is 14.9. The molecule has 0 bridgehead atoms. The van der Waals surface area contributed by atoms with Crippen LogP contribution in [-0.4, -0.2) is 136 Å². The number of halogens is 1. The van der Waals surface area contributed by atoms with Crippen molar-refractivity contribution >= 4 is 69.1 Å². The van der Waals surface area contributed by atoms with Crippen molar-refractivity contribution in [2.45, 2.75) is 38.6 Å². The third-order valence-electron chi connectivity index (χ3n) is 10.5. The smallest absolute Gasteiger partial charge is 0.264 e. The van der Waals surface area contributed by atoms with E-state index in [1.807, 2.05) is 0 Å². The molecule has 1 atom stereocenters. The van der Waals surface area contributed by atoms with E-state index < -0.39 is 35.5 Å². The topological polar surface area (TPSA) is 278 Å². The van der Waals surface area contributed by atoms with Gasteiger partial charge in [-0.2, -0.15) is 0 Å². The number of carbonyl (C=O) groups is 6. The van der Waals surface area contributed by atoms with Gasteiger partial charge in [0.2, 0.25) is 23.6 Å². The van der Waals surface area contributed by atoms with E-state index in [9.17, 15) is 28.8 Å². The third kappa shape index (κ3) is 12.5. The SMILES string of the molecule is Cc1c(N)cncc1-c1cc2cc(NC(=O)CCNC(=O)CCOCCOCCOCCOCCOCCNc3cccc4c3C(=O)N(C3CCC(=O)NC3=O)C4=O)ncc2c(N)c1F. The molecule has 346 valence electrons. The number of imide groups is 2. The van der Waals surface area contributed by atoms with Gasteiger partial charge in [0, 0.05) is 66.9 Å². The number of pyridine rings is 2. The molecular weight excluding hydrogens is 850 g/mol. The zero-order valence-electron chi connectivity index (χ0n) is 35.9. The van der Waals surface area contributed by atoms with Gasteiger partial charge in [0.15, 0.2) is 5.82 Å². The lowest BCUT2D eigenvalue weighted by Crippen LogP contribution is -2.54. The van der Waals surface area contributed by atoms with E-state index in [-0.39, 0.29) is 85.5 Å². The van der Waals surface area contributed by atoms with Gasteiger partial charge in [0.1, 0.15) is 11.9 Å². The largest absolute Gasteiger partial charge is 0.397 e. The standard InChI is InChI=1S/C44H52FN9O11/c1-26-30(23-48-25-32(26)46)29-21-27-22-35(51-24-31(27)41(47)40(29)45)52-38(57)7-9-50-36(55)8-11-61-13-15-63-17-19-65-20-18-64-16-14-62-12-10-49-33-4-2-3-28-39(33)44(60)54(43(28)59)34-5-6-37(56)53-42(34)58/h2-4,21-25,34,49H,5-20,46-47H2,1H3,(H,50,55)(H,51,52,57)(H,53,56,58). The normalized spacial score (nSPS) is 14.7. The van der Waals surface area contributed by atoms with Crippen molar-refractivity contribution in [3.63, 3.8) is 0 Å². The zero-order chi connectivity index (χ0) is 46.3. The number of hydrogen-bond donors (Lipinski definition) is 6. The molecule has 0 saturated carbocycles. The van der Waals surface area contributed by atoms with E-state index in [1.165, 1.54) is 24.7 Å². The van der Waals surface area contributed by atoms with Crippen LogP contribution in [0.4, 0.5) is 27.3 Å². The van der Waals surface area contributed by atoms with E-state index >= 15 is 4.39 Å². The van der Waals surface area contributed by atoms with E-state index in [0.717, 1.165) is 4.90 Å². The lowest BCUT2D eigenvalue weighted by Gasteiger charge is -2.27. The fourth-order valence-corrected chi connectivity index (χ4v) is 7.05. The summed E-state index contributed by atoms with van der Waals surface area (Å²) in [5, 5.41) is 11.6. The summed E-state index contributed by atoms with van der Waals surface area (Å²) in [7, 11) is 0. The van der Waals surface area contributed by atoms with Crippen molar-refractivity contribution in [2.24, 2.45) is 0 Å². The van der Waals surface area contributed by atoms with Gasteiger partial charge in [-0.15, -0.1) is 0 Å². The number of nitrogens with one attached hydrogen (secondary N) is 4. The first-order valence-corrected chi connectivity index (χ1v) is 21.1. The number of anilines is 4. The van der Waals surface area contributed by atoms with Crippen LogP contribution in [0.3, 0.4) is 0 Å². The Hall–Kier alpha value is -6.65. The summed E-state index contributed by atoms with van der Waals surface area (Å²) in [5.74, 6) is -3.27. The first-order valence-electron chi connectivity index (χ1n) is 21.1. The molecule has 0 spiro atoms. The summed E-state index contributed by atoms with van der Waals surface area (Å²) in [5.41, 5.74) is 14.6. The average molecular weight is 902 g/mol. The Labute approximate surface area is 373 Å². The quantitative estimate of drug-likeness (QED) is 0.0316. The van der Waals surface area contributed by atoms with Crippen molar-refractivity contribution in [3.8, 4) is 11.1 Å². The number of benzene rings is 2. The molecule has 20 nitrogen and oxygen atoms in total. The van der Waals surface area contributed by atoms with Crippen molar-refractivity contribution in [2.75, 3.05) is 101 Å². The summed E-state index contributed by atoms with van der Waals surface area (Å²) < 4.78 is 42.8. The van der Waals surface area contributed by atoms with Gasteiger partial charge in [0.05, 0.1) is 94.8 Å². The molecule has 6 rings (SSSR count). The molecule has 4 heterocycles. The molecule has 1 fully saturated rings. The lowest BCUT2D eigenvalue weighted by atomic mass is 9.97. The molecule has 2 aromatic heterocycles. The summed E-state index contributed by atoms with van der Waals surface area (Å²) in [6.45, 7) is 5.42. The lowest BCUT2D eigenvalue weighted by molar-refractivity contribution is -0.136. The molecule has 4 aromatic rings. The van der Waals surface area contributed by atoms with Gasteiger partial charge in [-0.05, 0) is 48.6 Å². The monoisotopic (exact) mass is 901 g/mol. The van der Waals surface area contributed by atoms with Gasteiger partial charge >= 0.3 is 0 Å². The van der Waals surface area contributed by atoms with Crippen LogP contribution in [0.1, 0.15) is 52.0 Å². The van der Waals surface area contributed by atoms with Crippen LogP contribution in [0.25, 0.3) is 21.9 Å². The van der Waals surface area contributed by atoms with Crippen LogP contribution < -0.4 is 32.7 Å². The van der Waals surface area contributed by atoms with Crippen molar-refractivity contribution in [1.29, 1.82) is 0 Å². The summed E-state index contributed by atoms with van der Waals surface area (Å²) in [6, 6.07) is 7.03. The molecule has 21 heteroatoms. The maximum Gasteiger partial charge on any atom is 0.264 e. The van der Waals surface area contributed by atoms with E-state index in [0.29, 0.717) is 92.7 Å². The highest BCUT2D eigenvalue weighted by atomic mass is 19.1. The Kier molecular flexibility index (Phi) is 17.2. The average Bonchev–Trinajstić information content (AvgIpc) is 3.54.